The maximum atomic E-state index is 12.1. The average Bonchev–Trinajstić information content (AvgIpc) is 2.68. The van der Waals surface area contributed by atoms with E-state index in [1.807, 2.05) is 0 Å². The number of hydrogen-bond donors (Lipinski definition) is 3. The van der Waals surface area contributed by atoms with Crippen LogP contribution in [0.4, 0.5) is 13.2 Å². The van der Waals surface area contributed by atoms with Crippen molar-refractivity contribution >= 4 is 40.9 Å². The topological polar surface area (TPSA) is 96.5 Å². The first-order valence-corrected chi connectivity index (χ1v) is 9.40. The molecule has 0 saturated heterocycles. The number of carbonyl (C=O) groups excluding carboxylic acids is 3. The second kappa shape index (κ2) is 10.9. The number of ether oxygens (including phenoxy) is 1. The molecule has 31 heavy (non-hydrogen) atoms. The van der Waals surface area contributed by atoms with E-state index in [-0.39, 0.29) is 36.0 Å². The van der Waals surface area contributed by atoms with Crippen LogP contribution in [0.5, 0.6) is 5.75 Å². The van der Waals surface area contributed by atoms with Crippen LogP contribution in [0.25, 0.3) is 0 Å². The van der Waals surface area contributed by atoms with Gasteiger partial charge in [-0.05, 0) is 35.9 Å². The van der Waals surface area contributed by atoms with Gasteiger partial charge >= 0.3 is 6.36 Å². The summed E-state index contributed by atoms with van der Waals surface area (Å²) in [4.78, 5) is 35.6. The molecule has 0 atom stereocenters. The lowest BCUT2D eigenvalue weighted by Crippen LogP contribution is -2.41. The molecule has 0 spiro atoms. The number of alkyl halides is 3. The van der Waals surface area contributed by atoms with Crippen LogP contribution in [0.2, 0.25) is 10.0 Å². The lowest BCUT2D eigenvalue weighted by atomic mass is 10.2. The third-order valence-corrected chi connectivity index (χ3v) is 4.23. The molecule has 12 heteroatoms. The molecule has 0 bridgehead atoms. The molecule has 0 aliphatic rings. The molecule has 166 valence electrons. The van der Waals surface area contributed by atoms with Crippen LogP contribution in [0, 0.1) is 0 Å². The molecular formula is C19H16Cl2F3N3O4. The zero-order chi connectivity index (χ0) is 23.0. The molecule has 0 heterocycles. The second-order valence-corrected chi connectivity index (χ2v) is 6.90. The maximum Gasteiger partial charge on any atom is 0.573 e. The minimum atomic E-state index is -4.78. The van der Waals surface area contributed by atoms with E-state index in [0.29, 0.717) is 10.6 Å². The number of hydrogen-bond acceptors (Lipinski definition) is 4. The van der Waals surface area contributed by atoms with Crippen molar-refractivity contribution in [2.75, 3.05) is 13.1 Å². The van der Waals surface area contributed by atoms with Gasteiger partial charge in [-0.15, -0.1) is 13.2 Å². The largest absolute Gasteiger partial charge is 0.573 e. The van der Waals surface area contributed by atoms with Crippen LogP contribution in [0.15, 0.2) is 42.5 Å². The standard InChI is InChI=1S/C19H16Cl2F3N3O4/c20-12-3-6-14(15(21)7-12)18(30)27-10-17(29)26-9-16(28)25-8-11-1-4-13(5-2-11)31-19(22,23)24/h1-7H,8-10H2,(H,25,28)(H,26,29)(H,27,30). The van der Waals surface area contributed by atoms with E-state index in [2.05, 4.69) is 20.7 Å². The van der Waals surface area contributed by atoms with E-state index in [1.165, 1.54) is 30.3 Å². The van der Waals surface area contributed by atoms with E-state index in [4.69, 9.17) is 23.2 Å². The van der Waals surface area contributed by atoms with Crippen molar-refractivity contribution in [2.45, 2.75) is 12.9 Å². The molecule has 0 aliphatic carbocycles. The summed E-state index contributed by atoms with van der Waals surface area (Å²) in [6.45, 7) is -0.704. The molecule has 0 fully saturated rings. The van der Waals surface area contributed by atoms with Gasteiger partial charge < -0.3 is 20.7 Å². The predicted octanol–water partition coefficient (Wildman–Crippen LogP) is 3.05. The highest BCUT2D eigenvalue weighted by atomic mass is 35.5. The summed E-state index contributed by atoms with van der Waals surface area (Å²) in [7, 11) is 0. The Morgan fingerprint density at radius 2 is 1.48 bits per heavy atom. The van der Waals surface area contributed by atoms with Crippen LogP contribution in [0.1, 0.15) is 15.9 Å². The Morgan fingerprint density at radius 1 is 0.871 bits per heavy atom. The molecule has 2 rings (SSSR count). The molecule has 0 unspecified atom stereocenters. The van der Waals surface area contributed by atoms with Crippen LogP contribution < -0.4 is 20.7 Å². The van der Waals surface area contributed by atoms with Gasteiger partial charge in [0.1, 0.15) is 5.75 Å². The summed E-state index contributed by atoms with van der Waals surface area (Å²) in [5.41, 5.74) is 0.671. The van der Waals surface area contributed by atoms with Crippen molar-refractivity contribution < 1.29 is 32.3 Å². The Hall–Kier alpha value is -2.98. The first-order chi connectivity index (χ1) is 14.5. The molecule has 0 saturated carbocycles. The molecule has 2 aromatic rings. The van der Waals surface area contributed by atoms with E-state index >= 15 is 0 Å². The second-order valence-electron chi connectivity index (χ2n) is 6.05. The Bertz CT molecular complexity index is 953. The van der Waals surface area contributed by atoms with Gasteiger partial charge in [0.2, 0.25) is 11.8 Å². The van der Waals surface area contributed by atoms with Crippen molar-refractivity contribution in [3.63, 3.8) is 0 Å². The molecule has 0 aliphatic heterocycles. The third kappa shape index (κ3) is 8.73. The number of halogens is 5. The summed E-state index contributed by atoms with van der Waals surface area (Å²) in [5, 5.41) is 7.66. The smallest absolute Gasteiger partial charge is 0.406 e. The predicted molar refractivity (Wildman–Crippen MR) is 107 cm³/mol. The fourth-order valence-corrected chi connectivity index (χ4v) is 2.74. The monoisotopic (exact) mass is 477 g/mol. The summed E-state index contributed by atoms with van der Waals surface area (Å²) in [6.07, 6.45) is -4.78. The van der Waals surface area contributed by atoms with Crippen molar-refractivity contribution in [3.05, 3.63) is 63.6 Å². The van der Waals surface area contributed by atoms with Crippen molar-refractivity contribution in [1.29, 1.82) is 0 Å². The summed E-state index contributed by atoms with van der Waals surface area (Å²) in [6, 6.07) is 9.23. The fraction of sp³-hybridized carbons (Fsp3) is 0.211. The first-order valence-electron chi connectivity index (χ1n) is 8.65. The van der Waals surface area contributed by atoms with Gasteiger partial charge in [0, 0.05) is 11.6 Å². The summed E-state index contributed by atoms with van der Waals surface area (Å²) >= 11 is 11.7. The highest BCUT2D eigenvalue weighted by molar-refractivity contribution is 6.36. The highest BCUT2D eigenvalue weighted by Crippen LogP contribution is 2.23. The number of benzene rings is 2. The Morgan fingerprint density at radius 3 is 2.10 bits per heavy atom. The van der Waals surface area contributed by atoms with Crippen molar-refractivity contribution in [2.24, 2.45) is 0 Å². The van der Waals surface area contributed by atoms with Gasteiger partial charge in [0.15, 0.2) is 0 Å². The minimum Gasteiger partial charge on any atom is -0.406 e. The highest BCUT2D eigenvalue weighted by Gasteiger charge is 2.30. The Labute approximate surface area is 184 Å². The van der Waals surface area contributed by atoms with Gasteiger partial charge in [-0.1, -0.05) is 35.3 Å². The normalized spacial score (nSPS) is 10.9. The van der Waals surface area contributed by atoms with Gasteiger partial charge in [-0.25, -0.2) is 0 Å². The van der Waals surface area contributed by atoms with E-state index in [9.17, 15) is 27.6 Å². The van der Waals surface area contributed by atoms with Gasteiger partial charge in [0.25, 0.3) is 5.91 Å². The van der Waals surface area contributed by atoms with Gasteiger partial charge in [0.05, 0.1) is 23.7 Å². The zero-order valence-corrected chi connectivity index (χ0v) is 17.2. The number of nitrogens with one attached hydrogen (secondary N) is 3. The van der Waals surface area contributed by atoms with Gasteiger partial charge in [-0.3, -0.25) is 14.4 Å². The average molecular weight is 478 g/mol. The Balaban J connectivity index is 1.69. The lowest BCUT2D eigenvalue weighted by molar-refractivity contribution is -0.274. The molecular weight excluding hydrogens is 462 g/mol. The van der Waals surface area contributed by atoms with Crippen LogP contribution in [-0.2, 0) is 16.1 Å². The molecule has 3 N–H and O–H groups in total. The molecule has 3 amide bonds. The number of carbonyl (C=O) groups is 3. The minimum absolute atomic E-state index is 0.0345. The van der Waals surface area contributed by atoms with Crippen molar-refractivity contribution in [3.8, 4) is 5.75 Å². The first kappa shape index (κ1) is 24.3. The van der Waals surface area contributed by atoms with Crippen molar-refractivity contribution in [1.82, 2.24) is 16.0 Å². The molecule has 0 radical (unpaired) electrons. The third-order valence-electron chi connectivity index (χ3n) is 3.68. The number of amides is 3. The van der Waals surface area contributed by atoms with Gasteiger partial charge in [-0.2, -0.15) is 0 Å². The summed E-state index contributed by atoms with van der Waals surface area (Å²) < 4.78 is 40.1. The number of rotatable bonds is 8. The fourth-order valence-electron chi connectivity index (χ4n) is 2.24. The molecule has 0 aromatic heterocycles. The SMILES string of the molecule is O=C(CNC(=O)CNC(=O)c1ccc(Cl)cc1Cl)NCc1ccc(OC(F)(F)F)cc1. The summed E-state index contributed by atoms with van der Waals surface area (Å²) in [5.74, 6) is -2.10. The van der Waals surface area contributed by atoms with E-state index in [1.54, 1.807) is 0 Å². The van der Waals surface area contributed by atoms with Crippen LogP contribution in [0.3, 0.4) is 0 Å². The maximum absolute atomic E-state index is 12.1. The van der Waals surface area contributed by atoms with E-state index < -0.39 is 24.1 Å². The van der Waals surface area contributed by atoms with Crippen LogP contribution in [-0.4, -0.2) is 37.2 Å². The van der Waals surface area contributed by atoms with Crippen LogP contribution >= 0.6 is 23.2 Å². The zero-order valence-electron chi connectivity index (χ0n) is 15.7. The quantitative estimate of drug-likeness (QED) is 0.544. The Kier molecular flexibility index (Phi) is 8.52. The van der Waals surface area contributed by atoms with E-state index in [0.717, 1.165) is 12.1 Å². The molecule has 7 nitrogen and oxygen atoms in total. The lowest BCUT2D eigenvalue weighted by Gasteiger charge is -2.10. The molecule has 2 aromatic carbocycles.